The lowest BCUT2D eigenvalue weighted by atomic mass is 9.90. The number of hydrogen-bond acceptors (Lipinski definition) is 4. The summed E-state index contributed by atoms with van der Waals surface area (Å²) in [6, 6.07) is 4.50. The molecule has 5 nitrogen and oxygen atoms in total. The van der Waals surface area contributed by atoms with Crippen molar-refractivity contribution in [2.45, 2.75) is 45.8 Å². The molecule has 1 aromatic carbocycles. The van der Waals surface area contributed by atoms with Crippen LogP contribution >= 0.6 is 0 Å². The summed E-state index contributed by atoms with van der Waals surface area (Å²) in [5.41, 5.74) is 4.09. The minimum absolute atomic E-state index is 0.119. The van der Waals surface area contributed by atoms with Gasteiger partial charge >= 0.3 is 6.09 Å². The molecule has 1 amide bonds. The fraction of sp³-hybridized carbons (Fsp3) is 0.588. The Kier molecular flexibility index (Phi) is 5.26. The molecule has 3 N–H and O–H groups in total. The number of carbonyl (C=O) groups is 1. The van der Waals surface area contributed by atoms with Gasteiger partial charge in [-0.15, -0.1) is 0 Å². The summed E-state index contributed by atoms with van der Waals surface area (Å²) in [5, 5.41) is 0. The number of nitrogens with zero attached hydrogens (tertiary/aromatic N) is 1. The average Bonchev–Trinajstić information content (AvgIpc) is 2.91. The molecule has 1 aliphatic heterocycles. The van der Waals surface area contributed by atoms with E-state index in [2.05, 4.69) is 5.43 Å². The number of ether oxygens (including phenoxy) is 1. The number of benzene rings is 1. The summed E-state index contributed by atoms with van der Waals surface area (Å²) < 4.78 is 19.0. The normalized spacial score (nSPS) is 19.7. The van der Waals surface area contributed by atoms with E-state index >= 15 is 0 Å². The van der Waals surface area contributed by atoms with E-state index in [1.54, 1.807) is 11.0 Å². The van der Waals surface area contributed by atoms with Gasteiger partial charge in [0.15, 0.2) is 0 Å². The number of nitrogens with one attached hydrogen (secondary N) is 1. The van der Waals surface area contributed by atoms with Gasteiger partial charge in [0.1, 0.15) is 11.4 Å². The summed E-state index contributed by atoms with van der Waals surface area (Å²) in [7, 11) is 0. The van der Waals surface area contributed by atoms with E-state index in [1.807, 2.05) is 27.7 Å². The number of rotatable bonds is 3. The van der Waals surface area contributed by atoms with Crippen molar-refractivity contribution in [3.8, 4) is 0 Å². The van der Waals surface area contributed by atoms with Crippen LogP contribution in [-0.2, 0) is 4.74 Å². The molecular formula is C17H26FN3O2. The van der Waals surface area contributed by atoms with E-state index in [-0.39, 0.29) is 23.9 Å². The van der Waals surface area contributed by atoms with Crippen LogP contribution in [0, 0.1) is 18.7 Å². The Bertz CT molecular complexity index is 571. The molecule has 1 saturated heterocycles. The lowest BCUT2D eigenvalue weighted by molar-refractivity contribution is 0.0285. The van der Waals surface area contributed by atoms with Gasteiger partial charge in [0.25, 0.3) is 0 Å². The molecule has 23 heavy (non-hydrogen) atoms. The monoisotopic (exact) mass is 323 g/mol. The summed E-state index contributed by atoms with van der Waals surface area (Å²) in [4.78, 5) is 13.9. The maximum absolute atomic E-state index is 13.6. The first kappa shape index (κ1) is 17.7. The number of likely N-dealkylation sites (tertiary alicyclic amines) is 1. The topological polar surface area (TPSA) is 67.6 Å². The summed E-state index contributed by atoms with van der Waals surface area (Å²) in [5.74, 6) is 5.55. The van der Waals surface area contributed by atoms with E-state index in [0.29, 0.717) is 13.1 Å². The smallest absolute Gasteiger partial charge is 0.410 e. The van der Waals surface area contributed by atoms with Crippen LogP contribution in [0.5, 0.6) is 0 Å². The van der Waals surface area contributed by atoms with Gasteiger partial charge in [-0.05, 0) is 63.3 Å². The van der Waals surface area contributed by atoms with Crippen molar-refractivity contribution < 1.29 is 13.9 Å². The molecule has 1 aromatic rings. The zero-order chi connectivity index (χ0) is 17.2. The highest BCUT2D eigenvalue weighted by molar-refractivity contribution is 5.68. The molecule has 0 spiro atoms. The van der Waals surface area contributed by atoms with Crippen LogP contribution in [-0.4, -0.2) is 29.7 Å². The first-order chi connectivity index (χ1) is 10.7. The average molecular weight is 323 g/mol. The first-order valence-corrected chi connectivity index (χ1v) is 7.91. The molecule has 6 heteroatoms. The van der Waals surface area contributed by atoms with Crippen LogP contribution in [0.2, 0.25) is 0 Å². The maximum atomic E-state index is 13.6. The van der Waals surface area contributed by atoms with Crippen molar-refractivity contribution in [2.24, 2.45) is 11.8 Å². The maximum Gasteiger partial charge on any atom is 0.410 e. The molecule has 2 atom stereocenters. The van der Waals surface area contributed by atoms with Gasteiger partial charge in [0.2, 0.25) is 0 Å². The predicted octanol–water partition coefficient (Wildman–Crippen LogP) is 2.90. The van der Waals surface area contributed by atoms with Crippen molar-refractivity contribution in [1.29, 1.82) is 0 Å². The SMILES string of the molecule is Cc1ccc(F)cc1C(NN)C1CCN(C(=O)OC(C)(C)C)C1. The Morgan fingerprint density at radius 2 is 2.17 bits per heavy atom. The van der Waals surface area contributed by atoms with E-state index in [4.69, 9.17) is 10.6 Å². The number of carbonyl (C=O) groups excluding carboxylic acids is 1. The van der Waals surface area contributed by atoms with Gasteiger partial charge in [-0.25, -0.2) is 9.18 Å². The first-order valence-electron chi connectivity index (χ1n) is 7.91. The highest BCUT2D eigenvalue weighted by Crippen LogP contribution is 2.32. The highest BCUT2D eigenvalue weighted by atomic mass is 19.1. The second-order valence-corrected chi connectivity index (χ2v) is 7.12. The summed E-state index contributed by atoms with van der Waals surface area (Å²) >= 11 is 0. The van der Waals surface area contributed by atoms with E-state index in [9.17, 15) is 9.18 Å². The third-order valence-electron chi connectivity index (χ3n) is 4.10. The Labute approximate surface area is 137 Å². The van der Waals surface area contributed by atoms with Crippen LogP contribution in [0.3, 0.4) is 0 Å². The van der Waals surface area contributed by atoms with Crippen molar-refractivity contribution >= 4 is 6.09 Å². The second-order valence-electron chi connectivity index (χ2n) is 7.12. The summed E-state index contributed by atoms with van der Waals surface area (Å²) in [6.45, 7) is 8.63. The molecule has 1 aliphatic rings. The molecule has 0 saturated carbocycles. The lowest BCUT2D eigenvalue weighted by Gasteiger charge is -2.27. The van der Waals surface area contributed by atoms with Crippen LogP contribution in [0.15, 0.2) is 18.2 Å². The van der Waals surface area contributed by atoms with Crippen LogP contribution < -0.4 is 11.3 Å². The van der Waals surface area contributed by atoms with Gasteiger partial charge < -0.3 is 9.64 Å². The quantitative estimate of drug-likeness (QED) is 0.663. The molecule has 1 heterocycles. The fourth-order valence-electron chi connectivity index (χ4n) is 2.98. The Hall–Kier alpha value is -1.66. The Morgan fingerprint density at radius 1 is 1.48 bits per heavy atom. The second kappa shape index (κ2) is 6.84. The molecule has 1 fully saturated rings. The molecule has 2 rings (SSSR count). The molecule has 0 bridgehead atoms. The van der Waals surface area contributed by atoms with E-state index < -0.39 is 5.60 Å². The number of amides is 1. The van der Waals surface area contributed by atoms with Gasteiger partial charge in [0.05, 0.1) is 6.04 Å². The zero-order valence-electron chi connectivity index (χ0n) is 14.2. The zero-order valence-corrected chi connectivity index (χ0v) is 14.2. The van der Waals surface area contributed by atoms with Crippen LogP contribution in [0.25, 0.3) is 0 Å². The van der Waals surface area contributed by atoms with E-state index in [0.717, 1.165) is 17.5 Å². The highest BCUT2D eigenvalue weighted by Gasteiger charge is 2.34. The Morgan fingerprint density at radius 3 is 2.78 bits per heavy atom. The van der Waals surface area contributed by atoms with Crippen LogP contribution in [0.1, 0.15) is 44.4 Å². The fourth-order valence-corrected chi connectivity index (χ4v) is 2.98. The minimum atomic E-state index is -0.514. The number of halogens is 1. The van der Waals surface area contributed by atoms with Gasteiger partial charge in [-0.1, -0.05) is 6.07 Å². The lowest BCUT2D eigenvalue weighted by Crippen LogP contribution is -2.38. The van der Waals surface area contributed by atoms with Crippen molar-refractivity contribution in [3.05, 3.63) is 35.1 Å². The molecule has 0 radical (unpaired) electrons. The molecule has 2 unspecified atom stereocenters. The van der Waals surface area contributed by atoms with Crippen molar-refractivity contribution in [1.82, 2.24) is 10.3 Å². The van der Waals surface area contributed by atoms with Crippen molar-refractivity contribution in [3.63, 3.8) is 0 Å². The molecule has 0 aliphatic carbocycles. The number of aryl methyl sites for hydroxylation is 1. The predicted molar refractivity (Wildman–Crippen MR) is 87.1 cm³/mol. The van der Waals surface area contributed by atoms with Crippen molar-refractivity contribution in [2.75, 3.05) is 13.1 Å². The number of nitrogens with two attached hydrogens (primary N) is 1. The van der Waals surface area contributed by atoms with E-state index in [1.165, 1.54) is 12.1 Å². The standard InChI is InChI=1S/C17H26FN3O2/c1-11-5-6-13(18)9-14(11)15(20-19)12-7-8-21(10-12)16(22)23-17(2,3)4/h5-6,9,12,15,20H,7-8,10,19H2,1-4H3. The van der Waals surface area contributed by atoms with Gasteiger partial charge in [-0.2, -0.15) is 0 Å². The van der Waals surface area contributed by atoms with Gasteiger partial charge in [-0.3, -0.25) is 11.3 Å². The molecule has 0 aromatic heterocycles. The number of hydrazine groups is 1. The Balaban J connectivity index is 2.10. The molecular weight excluding hydrogens is 297 g/mol. The third kappa shape index (κ3) is 4.42. The molecule has 128 valence electrons. The van der Waals surface area contributed by atoms with Crippen LogP contribution in [0.4, 0.5) is 9.18 Å². The minimum Gasteiger partial charge on any atom is -0.444 e. The van der Waals surface area contributed by atoms with Gasteiger partial charge in [0, 0.05) is 13.1 Å². The largest absolute Gasteiger partial charge is 0.444 e. The number of hydrogen-bond donors (Lipinski definition) is 2. The third-order valence-corrected chi connectivity index (χ3v) is 4.10. The summed E-state index contributed by atoms with van der Waals surface area (Å²) in [6.07, 6.45) is 0.482.